The van der Waals surface area contributed by atoms with Crippen molar-refractivity contribution < 1.29 is 19.0 Å². The minimum absolute atomic E-state index is 0.143. The molecule has 0 N–H and O–H groups in total. The zero-order valence-electron chi connectivity index (χ0n) is 18.0. The van der Waals surface area contributed by atoms with E-state index >= 15 is 0 Å². The van der Waals surface area contributed by atoms with Gasteiger partial charge in [-0.15, -0.1) is 0 Å². The average Bonchev–Trinajstić information content (AvgIpc) is 3.51. The lowest BCUT2D eigenvalue weighted by Crippen LogP contribution is -2.38. The van der Waals surface area contributed by atoms with Crippen molar-refractivity contribution in [2.75, 3.05) is 20.3 Å². The summed E-state index contributed by atoms with van der Waals surface area (Å²) in [7, 11) is 1.66. The van der Waals surface area contributed by atoms with Crippen molar-refractivity contribution in [3.8, 4) is 5.75 Å². The predicted octanol–water partition coefficient (Wildman–Crippen LogP) is 6.46. The Morgan fingerprint density at radius 3 is 2.37 bits per heavy atom. The number of hydrogen-bond donors (Lipinski definition) is 0. The fraction of sp³-hybridized carbons (Fsp3) is 0.522. The van der Waals surface area contributed by atoms with E-state index in [0.717, 1.165) is 30.0 Å². The monoisotopic (exact) mass is 453 g/mol. The Morgan fingerprint density at radius 2 is 1.77 bits per heavy atom. The molecule has 1 saturated carbocycles. The lowest BCUT2D eigenvalue weighted by Gasteiger charge is -2.28. The van der Waals surface area contributed by atoms with E-state index in [1.807, 2.05) is 45.0 Å². The summed E-state index contributed by atoms with van der Waals surface area (Å²) in [5.74, 6) is 0.586. The van der Waals surface area contributed by atoms with Gasteiger partial charge in [-0.25, -0.2) is 4.79 Å². The Hall–Kier alpha value is -1.69. The minimum atomic E-state index is -0.573. The van der Waals surface area contributed by atoms with E-state index in [4.69, 9.17) is 37.4 Å². The predicted molar refractivity (Wildman–Crippen MR) is 121 cm³/mol. The maximum absolute atomic E-state index is 12.8. The van der Waals surface area contributed by atoms with Gasteiger partial charge in [-0.2, -0.15) is 0 Å². The number of ether oxygens (including phenoxy) is 3. The van der Waals surface area contributed by atoms with Crippen molar-refractivity contribution in [3.63, 3.8) is 0 Å². The van der Waals surface area contributed by atoms with Crippen LogP contribution in [0.5, 0.6) is 5.75 Å². The van der Waals surface area contributed by atoms with Crippen molar-refractivity contribution >= 4 is 40.1 Å². The average molecular weight is 454 g/mol. The van der Waals surface area contributed by atoms with Gasteiger partial charge in [-0.3, -0.25) is 0 Å². The third-order valence-corrected chi connectivity index (χ3v) is 5.65. The molecule has 0 saturated heterocycles. The molecule has 0 atom stereocenters. The van der Waals surface area contributed by atoms with Crippen LogP contribution in [0.25, 0.3) is 10.8 Å². The number of halogens is 2. The lowest BCUT2D eigenvalue weighted by atomic mass is 10.0. The van der Waals surface area contributed by atoms with Crippen molar-refractivity contribution in [2.24, 2.45) is 0 Å². The second kappa shape index (κ2) is 9.63. The smallest absolute Gasteiger partial charge is 0.410 e. The Morgan fingerprint density at radius 1 is 1.10 bits per heavy atom. The molecule has 2 aromatic carbocycles. The van der Waals surface area contributed by atoms with Gasteiger partial charge in [-0.05, 0) is 33.6 Å². The van der Waals surface area contributed by atoms with Crippen LogP contribution in [-0.2, 0) is 16.0 Å². The normalized spacial score (nSPS) is 14.1. The van der Waals surface area contributed by atoms with Crippen LogP contribution in [0.4, 0.5) is 4.79 Å². The first-order valence-corrected chi connectivity index (χ1v) is 11.0. The molecule has 0 bridgehead atoms. The molecule has 0 unspecified atom stereocenters. The van der Waals surface area contributed by atoms with Gasteiger partial charge in [-0.1, -0.05) is 47.5 Å². The number of rotatable bonds is 8. The molecule has 30 heavy (non-hydrogen) atoms. The molecule has 0 aromatic heterocycles. The summed E-state index contributed by atoms with van der Waals surface area (Å²) < 4.78 is 16.8. The molecule has 1 aliphatic carbocycles. The third-order valence-electron chi connectivity index (χ3n) is 4.82. The molecule has 164 valence electrons. The SMILES string of the molecule is COCCCOc1c(Cl)c(CN(C(=O)OC(C)(C)C)C2CC2)c(Cl)c2ccccc12. The summed E-state index contributed by atoms with van der Waals surface area (Å²) in [6, 6.07) is 7.87. The molecule has 3 rings (SSSR count). The molecule has 1 aliphatic rings. The molecular formula is C23H29Cl2NO4. The molecule has 0 spiro atoms. The highest BCUT2D eigenvalue weighted by molar-refractivity contribution is 6.41. The van der Waals surface area contributed by atoms with E-state index in [-0.39, 0.29) is 18.7 Å². The van der Waals surface area contributed by atoms with Gasteiger partial charge in [0.2, 0.25) is 0 Å². The molecule has 1 fully saturated rings. The van der Waals surface area contributed by atoms with E-state index in [1.165, 1.54) is 0 Å². The summed E-state index contributed by atoms with van der Waals surface area (Å²) in [5.41, 5.74) is 0.105. The second-order valence-electron chi connectivity index (χ2n) is 8.52. The highest BCUT2D eigenvalue weighted by Gasteiger charge is 2.36. The van der Waals surface area contributed by atoms with Crippen LogP contribution in [0.15, 0.2) is 24.3 Å². The quantitative estimate of drug-likeness (QED) is 0.430. The first-order valence-electron chi connectivity index (χ1n) is 10.2. The molecular weight excluding hydrogens is 425 g/mol. The van der Waals surface area contributed by atoms with E-state index in [0.29, 0.717) is 34.6 Å². The minimum Gasteiger partial charge on any atom is -0.491 e. The standard InChI is InChI=1S/C23H29Cl2NO4/c1-23(2,3)30-22(27)26(15-10-11-15)14-18-19(24)16-8-5-6-9-17(16)21(20(18)25)29-13-7-12-28-4/h5-6,8-9,15H,7,10-14H2,1-4H3. The zero-order chi connectivity index (χ0) is 21.9. The summed E-state index contributed by atoms with van der Waals surface area (Å²) in [6.07, 6.45) is 2.28. The second-order valence-corrected chi connectivity index (χ2v) is 9.27. The Kier molecular flexibility index (Phi) is 7.38. The summed E-state index contributed by atoms with van der Waals surface area (Å²) in [5, 5.41) is 2.67. The van der Waals surface area contributed by atoms with Crippen molar-refractivity contribution in [2.45, 2.75) is 58.2 Å². The number of carbonyl (C=O) groups excluding carboxylic acids is 1. The van der Waals surface area contributed by atoms with E-state index in [2.05, 4.69) is 0 Å². The largest absolute Gasteiger partial charge is 0.491 e. The number of benzene rings is 2. The molecule has 7 heteroatoms. The molecule has 2 aromatic rings. The Balaban J connectivity index is 1.96. The van der Waals surface area contributed by atoms with Gasteiger partial charge >= 0.3 is 6.09 Å². The Labute approximate surface area is 188 Å². The van der Waals surface area contributed by atoms with Gasteiger partial charge in [0.25, 0.3) is 0 Å². The van der Waals surface area contributed by atoms with Crippen molar-refractivity contribution in [1.82, 2.24) is 4.90 Å². The summed E-state index contributed by atoms with van der Waals surface area (Å²) in [6.45, 7) is 6.92. The van der Waals surface area contributed by atoms with Crippen LogP contribution >= 0.6 is 23.2 Å². The number of amides is 1. The number of nitrogens with zero attached hydrogens (tertiary/aromatic N) is 1. The number of hydrogen-bond acceptors (Lipinski definition) is 4. The summed E-state index contributed by atoms with van der Waals surface area (Å²) >= 11 is 13.6. The van der Waals surface area contributed by atoms with Crippen molar-refractivity contribution in [1.29, 1.82) is 0 Å². The topological polar surface area (TPSA) is 48.0 Å². The van der Waals surface area contributed by atoms with Gasteiger partial charge in [0.1, 0.15) is 11.4 Å². The van der Waals surface area contributed by atoms with Gasteiger partial charge in [0.05, 0.1) is 23.2 Å². The molecule has 0 radical (unpaired) electrons. The Bertz CT molecular complexity index is 906. The van der Waals surface area contributed by atoms with Gasteiger partial charge < -0.3 is 19.1 Å². The van der Waals surface area contributed by atoms with E-state index in [9.17, 15) is 4.79 Å². The van der Waals surface area contributed by atoms with Gasteiger partial charge in [0, 0.05) is 42.5 Å². The van der Waals surface area contributed by atoms with Crippen LogP contribution in [0.3, 0.4) is 0 Å². The maximum Gasteiger partial charge on any atom is 0.410 e. The highest BCUT2D eigenvalue weighted by atomic mass is 35.5. The molecule has 0 aliphatic heterocycles. The van der Waals surface area contributed by atoms with Crippen LogP contribution in [0.2, 0.25) is 10.0 Å². The van der Waals surface area contributed by atoms with Crippen LogP contribution in [0, 0.1) is 0 Å². The van der Waals surface area contributed by atoms with Crippen molar-refractivity contribution in [3.05, 3.63) is 39.9 Å². The molecule has 0 heterocycles. The number of fused-ring (bicyclic) bond motifs is 1. The fourth-order valence-electron chi connectivity index (χ4n) is 3.26. The highest BCUT2D eigenvalue weighted by Crippen LogP contribution is 2.44. The third kappa shape index (κ3) is 5.51. The fourth-order valence-corrected chi connectivity index (χ4v) is 3.94. The van der Waals surface area contributed by atoms with E-state index < -0.39 is 5.60 Å². The first kappa shape index (κ1) is 23.0. The zero-order valence-corrected chi connectivity index (χ0v) is 19.5. The number of methoxy groups -OCH3 is 1. The molecule has 1 amide bonds. The van der Waals surface area contributed by atoms with Crippen LogP contribution in [-0.4, -0.2) is 43.0 Å². The van der Waals surface area contributed by atoms with Crippen LogP contribution in [0.1, 0.15) is 45.6 Å². The number of carbonyl (C=O) groups is 1. The first-order chi connectivity index (χ1) is 14.2. The van der Waals surface area contributed by atoms with E-state index in [1.54, 1.807) is 12.0 Å². The maximum atomic E-state index is 12.8. The van der Waals surface area contributed by atoms with Crippen LogP contribution < -0.4 is 4.74 Å². The molecule has 5 nitrogen and oxygen atoms in total. The summed E-state index contributed by atoms with van der Waals surface area (Å²) in [4.78, 5) is 14.6. The lowest BCUT2D eigenvalue weighted by molar-refractivity contribution is 0.0217. The van der Waals surface area contributed by atoms with Gasteiger partial charge in [0.15, 0.2) is 0 Å².